The molecule has 3 aromatic heterocycles. The molecule has 0 amide bonds. The average molecular weight is 465 g/mol. The molecule has 0 aliphatic heterocycles. The molecule has 3 heteroatoms. The van der Waals surface area contributed by atoms with E-state index in [9.17, 15) is 0 Å². The maximum atomic E-state index is 6.34. The summed E-state index contributed by atoms with van der Waals surface area (Å²) in [5.41, 5.74) is 7.53. The van der Waals surface area contributed by atoms with Crippen molar-refractivity contribution in [2.24, 2.45) is 0 Å². The van der Waals surface area contributed by atoms with Crippen molar-refractivity contribution < 1.29 is 4.42 Å². The van der Waals surface area contributed by atoms with Gasteiger partial charge < -0.3 is 4.42 Å². The molecule has 0 saturated carbocycles. The number of fused-ring (bicyclic) bond motifs is 4. The van der Waals surface area contributed by atoms with Crippen LogP contribution in [0.15, 0.2) is 95.4 Å². The minimum absolute atomic E-state index is 0.00144. The Kier molecular flexibility index (Phi) is 3.67. The number of hydrogen-bond acceptors (Lipinski definition) is 2. The molecule has 172 valence electrons. The van der Waals surface area contributed by atoms with E-state index < -0.39 is 0 Å². The Bertz CT molecular complexity index is 2140. The van der Waals surface area contributed by atoms with Crippen LogP contribution >= 0.6 is 0 Å². The van der Waals surface area contributed by atoms with Gasteiger partial charge in [-0.3, -0.25) is 4.40 Å². The molecule has 0 aliphatic rings. The molecule has 0 unspecified atom stereocenters. The molecule has 0 bridgehead atoms. The van der Waals surface area contributed by atoms with Crippen LogP contribution in [0.2, 0.25) is 0 Å². The van der Waals surface area contributed by atoms with Crippen molar-refractivity contribution in [1.29, 1.82) is 0 Å². The predicted octanol–water partition coefficient (Wildman–Crippen LogP) is 9.10. The standard InChI is InChI=1S/C33H24N2O/c1-33(2,3)24-18-20(17-19-9-4-5-10-21(19)24)32-34-25-15-16-28-30-29-23(12-8-14-27(29)36-28)22-11-6-7-13-26(22)35(32)31(25)30/h4-18H,1-3H3. The van der Waals surface area contributed by atoms with E-state index in [1.807, 2.05) is 0 Å². The van der Waals surface area contributed by atoms with Crippen LogP contribution in [0.3, 0.4) is 0 Å². The Morgan fingerprint density at radius 1 is 0.694 bits per heavy atom. The second kappa shape index (κ2) is 6.64. The predicted molar refractivity (Wildman–Crippen MR) is 150 cm³/mol. The Hall–Kier alpha value is -4.37. The molecular weight excluding hydrogens is 440 g/mol. The third kappa shape index (κ3) is 2.50. The highest BCUT2D eigenvalue weighted by molar-refractivity contribution is 6.28. The van der Waals surface area contributed by atoms with Crippen LogP contribution in [0.5, 0.6) is 0 Å². The number of imidazole rings is 1. The smallest absolute Gasteiger partial charge is 0.145 e. The van der Waals surface area contributed by atoms with Gasteiger partial charge in [0.25, 0.3) is 0 Å². The summed E-state index contributed by atoms with van der Waals surface area (Å²) < 4.78 is 8.70. The van der Waals surface area contributed by atoms with Crippen LogP contribution in [0.1, 0.15) is 26.3 Å². The van der Waals surface area contributed by atoms with Gasteiger partial charge in [0, 0.05) is 16.3 Å². The first-order valence-electron chi connectivity index (χ1n) is 12.5. The SMILES string of the molecule is CC(C)(C)c1cc(-c2nc3ccc4oc5cccc6c7ccccc7n2c3c4c56)cc2ccccc12. The van der Waals surface area contributed by atoms with Gasteiger partial charge in [-0.1, -0.05) is 75.4 Å². The second-order valence-electron chi connectivity index (χ2n) is 10.9. The largest absolute Gasteiger partial charge is 0.456 e. The van der Waals surface area contributed by atoms with Crippen molar-refractivity contribution in [2.75, 3.05) is 0 Å². The minimum atomic E-state index is -0.00144. The number of hydrogen-bond donors (Lipinski definition) is 0. The van der Waals surface area contributed by atoms with E-state index in [-0.39, 0.29) is 5.41 Å². The van der Waals surface area contributed by atoms with Gasteiger partial charge in [-0.2, -0.15) is 0 Å². The number of rotatable bonds is 1. The molecule has 8 aromatic rings. The lowest BCUT2D eigenvalue weighted by molar-refractivity contribution is 0.596. The third-order valence-electron chi connectivity index (χ3n) is 7.64. The van der Waals surface area contributed by atoms with Gasteiger partial charge in [0.15, 0.2) is 0 Å². The van der Waals surface area contributed by atoms with Crippen molar-refractivity contribution in [1.82, 2.24) is 9.38 Å². The van der Waals surface area contributed by atoms with Gasteiger partial charge in [-0.15, -0.1) is 0 Å². The second-order valence-corrected chi connectivity index (χ2v) is 10.9. The Morgan fingerprint density at radius 2 is 1.44 bits per heavy atom. The van der Waals surface area contributed by atoms with Gasteiger partial charge in [0.05, 0.1) is 21.9 Å². The van der Waals surface area contributed by atoms with E-state index in [1.165, 1.54) is 32.5 Å². The van der Waals surface area contributed by atoms with Gasteiger partial charge in [-0.25, -0.2) is 4.98 Å². The fourth-order valence-electron chi connectivity index (χ4n) is 6.08. The highest BCUT2D eigenvalue weighted by Gasteiger charge is 2.24. The highest BCUT2D eigenvalue weighted by atomic mass is 16.3. The van der Waals surface area contributed by atoms with Gasteiger partial charge in [0.1, 0.15) is 17.0 Å². The molecule has 0 saturated heterocycles. The van der Waals surface area contributed by atoms with E-state index in [0.717, 1.165) is 44.5 Å². The number of furan rings is 1. The Balaban J connectivity index is 1.64. The van der Waals surface area contributed by atoms with Crippen molar-refractivity contribution in [3.8, 4) is 11.4 Å². The summed E-state index contributed by atoms with van der Waals surface area (Å²) in [6.45, 7) is 6.86. The highest BCUT2D eigenvalue weighted by Crippen LogP contribution is 2.43. The maximum Gasteiger partial charge on any atom is 0.145 e. The number of para-hydroxylation sites is 1. The zero-order valence-electron chi connectivity index (χ0n) is 20.5. The molecule has 0 aliphatic carbocycles. The molecule has 5 aromatic carbocycles. The zero-order chi connectivity index (χ0) is 24.2. The summed E-state index contributed by atoms with van der Waals surface area (Å²) in [5, 5.41) is 7.25. The van der Waals surface area contributed by atoms with Gasteiger partial charge in [0.2, 0.25) is 0 Å². The fourth-order valence-corrected chi connectivity index (χ4v) is 6.08. The van der Waals surface area contributed by atoms with Gasteiger partial charge in [-0.05, 0) is 63.5 Å². The van der Waals surface area contributed by atoms with E-state index in [4.69, 9.17) is 9.40 Å². The zero-order valence-corrected chi connectivity index (χ0v) is 20.5. The lowest BCUT2D eigenvalue weighted by Crippen LogP contribution is -2.12. The summed E-state index contributed by atoms with van der Waals surface area (Å²) >= 11 is 0. The summed E-state index contributed by atoms with van der Waals surface area (Å²) in [6, 6.07) is 32.5. The topological polar surface area (TPSA) is 30.4 Å². The minimum Gasteiger partial charge on any atom is -0.456 e. The summed E-state index contributed by atoms with van der Waals surface area (Å²) in [5.74, 6) is 0.961. The lowest BCUT2D eigenvalue weighted by Gasteiger charge is -2.22. The monoisotopic (exact) mass is 464 g/mol. The average Bonchev–Trinajstić information content (AvgIpc) is 3.42. The van der Waals surface area contributed by atoms with Crippen LogP contribution in [0.4, 0.5) is 0 Å². The van der Waals surface area contributed by atoms with Crippen molar-refractivity contribution in [3.63, 3.8) is 0 Å². The quantitative estimate of drug-likeness (QED) is 0.242. The fraction of sp³-hybridized carbons (Fsp3) is 0.121. The Labute approximate surface area is 207 Å². The molecular formula is C33H24N2O. The van der Waals surface area contributed by atoms with E-state index in [2.05, 4.69) is 116 Å². The molecule has 36 heavy (non-hydrogen) atoms. The first-order chi connectivity index (χ1) is 17.5. The maximum absolute atomic E-state index is 6.34. The molecule has 3 heterocycles. The van der Waals surface area contributed by atoms with Crippen LogP contribution in [-0.4, -0.2) is 9.38 Å². The lowest BCUT2D eigenvalue weighted by atomic mass is 9.82. The first-order valence-corrected chi connectivity index (χ1v) is 12.5. The van der Waals surface area contributed by atoms with Crippen LogP contribution in [0.25, 0.3) is 71.4 Å². The van der Waals surface area contributed by atoms with E-state index >= 15 is 0 Å². The summed E-state index contributed by atoms with van der Waals surface area (Å²) in [7, 11) is 0. The Morgan fingerprint density at radius 3 is 2.31 bits per heavy atom. The molecule has 0 fully saturated rings. The molecule has 0 atom stereocenters. The molecule has 0 radical (unpaired) electrons. The van der Waals surface area contributed by atoms with Crippen LogP contribution < -0.4 is 0 Å². The van der Waals surface area contributed by atoms with Crippen molar-refractivity contribution in [3.05, 3.63) is 96.6 Å². The van der Waals surface area contributed by atoms with E-state index in [1.54, 1.807) is 0 Å². The number of nitrogens with zero attached hydrogens (tertiary/aromatic N) is 2. The van der Waals surface area contributed by atoms with Crippen LogP contribution in [0, 0.1) is 0 Å². The van der Waals surface area contributed by atoms with E-state index in [0.29, 0.717) is 0 Å². The first kappa shape index (κ1) is 19.9. The summed E-state index contributed by atoms with van der Waals surface area (Å²) in [4.78, 5) is 5.27. The molecule has 0 N–H and O–H groups in total. The number of aromatic nitrogens is 2. The van der Waals surface area contributed by atoms with Crippen molar-refractivity contribution >= 4 is 60.0 Å². The van der Waals surface area contributed by atoms with Crippen LogP contribution in [-0.2, 0) is 5.41 Å². The third-order valence-corrected chi connectivity index (χ3v) is 7.64. The van der Waals surface area contributed by atoms with Crippen molar-refractivity contribution in [2.45, 2.75) is 26.2 Å². The summed E-state index contributed by atoms with van der Waals surface area (Å²) in [6.07, 6.45) is 0. The normalized spacial score (nSPS) is 12.9. The molecule has 0 spiro atoms. The molecule has 8 rings (SSSR count). The number of benzene rings is 5. The van der Waals surface area contributed by atoms with Gasteiger partial charge >= 0.3 is 0 Å². The molecule has 3 nitrogen and oxygen atoms in total.